The third-order valence-corrected chi connectivity index (χ3v) is 6.03. The molecule has 0 fully saturated rings. The van der Waals surface area contributed by atoms with Crippen LogP contribution in [0.4, 0.5) is 18.9 Å². The lowest BCUT2D eigenvalue weighted by atomic mass is 10.1. The summed E-state index contributed by atoms with van der Waals surface area (Å²) in [6, 6.07) is 11.6. The standard InChI is InChI=1S/C23H16F3N3O4S/c1-12(19(30)27-16-10-6-5-9-15(16)23(24,25)26)29-18(13-7-3-2-4-8-13)28-20-17(21(29)31)14(11-34-20)22(32)33/h2-12H,1H3,(H,27,30)(H,32,33). The summed E-state index contributed by atoms with van der Waals surface area (Å²) < 4.78 is 41.1. The number of fused-ring (bicyclic) bond motifs is 1. The molecule has 0 radical (unpaired) electrons. The highest BCUT2D eigenvalue weighted by molar-refractivity contribution is 7.17. The molecule has 0 bridgehead atoms. The second-order valence-corrected chi connectivity index (χ2v) is 8.18. The van der Waals surface area contributed by atoms with Gasteiger partial charge in [0.05, 0.1) is 22.2 Å². The van der Waals surface area contributed by atoms with Crippen molar-refractivity contribution in [1.29, 1.82) is 0 Å². The lowest BCUT2D eigenvalue weighted by molar-refractivity contribution is -0.137. The fraction of sp³-hybridized carbons (Fsp3) is 0.130. The van der Waals surface area contributed by atoms with Crippen LogP contribution in [0.2, 0.25) is 0 Å². The van der Waals surface area contributed by atoms with Crippen molar-refractivity contribution < 1.29 is 27.9 Å². The number of benzene rings is 2. The molecule has 7 nitrogen and oxygen atoms in total. The van der Waals surface area contributed by atoms with Gasteiger partial charge in [0, 0.05) is 10.9 Å². The SMILES string of the molecule is CC(C(=O)Nc1ccccc1C(F)(F)F)n1c(-c2ccccc2)nc2scc(C(=O)O)c2c1=O. The van der Waals surface area contributed by atoms with Crippen LogP contribution < -0.4 is 10.9 Å². The first-order valence-corrected chi connectivity index (χ1v) is 10.8. The highest BCUT2D eigenvalue weighted by atomic mass is 32.1. The topological polar surface area (TPSA) is 101 Å². The molecule has 0 spiro atoms. The fourth-order valence-corrected chi connectivity index (χ4v) is 4.41. The number of aromatic nitrogens is 2. The summed E-state index contributed by atoms with van der Waals surface area (Å²) in [5.41, 5.74) is -2.07. The molecule has 0 saturated heterocycles. The van der Waals surface area contributed by atoms with Crippen molar-refractivity contribution in [3.8, 4) is 11.4 Å². The Morgan fingerprint density at radius 3 is 2.38 bits per heavy atom. The van der Waals surface area contributed by atoms with Crippen LogP contribution in [0.15, 0.2) is 64.8 Å². The molecule has 11 heteroatoms. The quantitative estimate of drug-likeness (QED) is 0.411. The molecule has 0 aliphatic carbocycles. The summed E-state index contributed by atoms with van der Waals surface area (Å²) >= 11 is 0.971. The van der Waals surface area contributed by atoms with Gasteiger partial charge in [-0.2, -0.15) is 13.2 Å². The highest BCUT2D eigenvalue weighted by Gasteiger charge is 2.34. The molecule has 2 aromatic carbocycles. The second-order valence-electron chi connectivity index (χ2n) is 7.32. The zero-order valence-electron chi connectivity index (χ0n) is 17.5. The van der Waals surface area contributed by atoms with E-state index < -0.39 is 40.9 Å². The van der Waals surface area contributed by atoms with Crippen LogP contribution in [0.5, 0.6) is 0 Å². The third kappa shape index (κ3) is 4.17. The smallest absolute Gasteiger partial charge is 0.418 e. The van der Waals surface area contributed by atoms with Gasteiger partial charge in [-0.25, -0.2) is 9.78 Å². The van der Waals surface area contributed by atoms with Gasteiger partial charge in [0.2, 0.25) is 5.91 Å². The summed E-state index contributed by atoms with van der Waals surface area (Å²) in [7, 11) is 0. The summed E-state index contributed by atoms with van der Waals surface area (Å²) in [6.07, 6.45) is -4.70. The molecule has 2 aromatic heterocycles. The van der Waals surface area contributed by atoms with Crippen LogP contribution in [0.1, 0.15) is 28.9 Å². The Morgan fingerprint density at radius 2 is 1.74 bits per heavy atom. The average Bonchev–Trinajstić information content (AvgIpc) is 3.23. The van der Waals surface area contributed by atoms with Crippen molar-refractivity contribution in [2.24, 2.45) is 0 Å². The number of anilines is 1. The van der Waals surface area contributed by atoms with Gasteiger partial charge in [0.1, 0.15) is 16.7 Å². The molecular weight excluding hydrogens is 471 g/mol. The summed E-state index contributed by atoms with van der Waals surface area (Å²) in [5, 5.41) is 12.8. The van der Waals surface area contributed by atoms with E-state index in [4.69, 9.17) is 0 Å². The van der Waals surface area contributed by atoms with Crippen LogP contribution in [-0.2, 0) is 11.0 Å². The average molecular weight is 487 g/mol. The van der Waals surface area contributed by atoms with Gasteiger partial charge >= 0.3 is 12.1 Å². The first kappa shape index (κ1) is 23.2. The van der Waals surface area contributed by atoms with E-state index in [1.54, 1.807) is 30.3 Å². The monoisotopic (exact) mass is 487 g/mol. The molecule has 1 atom stereocenters. The molecule has 174 valence electrons. The lowest BCUT2D eigenvalue weighted by Crippen LogP contribution is -2.34. The van der Waals surface area contributed by atoms with E-state index in [2.05, 4.69) is 10.3 Å². The Kier molecular flexibility index (Phi) is 5.96. The number of carbonyl (C=O) groups is 2. The van der Waals surface area contributed by atoms with Crippen LogP contribution >= 0.6 is 11.3 Å². The Hall–Kier alpha value is -3.99. The molecule has 0 aliphatic rings. The molecule has 4 aromatic rings. The van der Waals surface area contributed by atoms with E-state index in [1.165, 1.54) is 24.4 Å². The predicted molar refractivity (Wildman–Crippen MR) is 121 cm³/mol. The minimum atomic E-state index is -4.70. The number of hydrogen-bond donors (Lipinski definition) is 2. The number of amides is 1. The van der Waals surface area contributed by atoms with E-state index in [-0.39, 0.29) is 21.6 Å². The van der Waals surface area contributed by atoms with E-state index in [0.717, 1.165) is 28.0 Å². The van der Waals surface area contributed by atoms with Gasteiger partial charge < -0.3 is 10.4 Å². The number of para-hydroxylation sites is 1. The largest absolute Gasteiger partial charge is 0.478 e. The molecule has 1 unspecified atom stereocenters. The van der Waals surface area contributed by atoms with Gasteiger partial charge in [-0.05, 0) is 19.1 Å². The van der Waals surface area contributed by atoms with Gasteiger partial charge in [-0.15, -0.1) is 11.3 Å². The van der Waals surface area contributed by atoms with E-state index in [1.807, 2.05) is 0 Å². The Bertz CT molecular complexity index is 1460. The first-order valence-electron chi connectivity index (χ1n) is 9.89. The molecule has 34 heavy (non-hydrogen) atoms. The number of hydrogen-bond acceptors (Lipinski definition) is 5. The molecule has 2 heterocycles. The molecule has 4 rings (SSSR count). The molecule has 0 aliphatic heterocycles. The maximum absolute atomic E-state index is 13.4. The number of nitrogens with zero attached hydrogens (tertiary/aromatic N) is 2. The van der Waals surface area contributed by atoms with Crippen molar-refractivity contribution in [2.75, 3.05) is 5.32 Å². The third-order valence-electron chi connectivity index (χ3n) is 5.16. The van der Waals surface area contributed by atoms with E-state index in [0.29, 0.717) is 5.56 Å². The minimum Gasteiger partial charge on any atom is -0.478 e. The first-order chi connectivity index (χ1) is 16.1. The maximum Gasteiger partial charge on any atom is 0.418 e. The number of carboxylic acid groups (broad SMARTS) is 1. The van der Waals surface area contributed by atoms with Crippen molar-refractivity contribution in [1.82, 2.24) is 9.55 Å². The second kappa shape index (κ2) is 8.75. The van der Waals surface area contributed by atoms with E-state index in [9.17, 15) is 32.7 Å². The van der Waals surface area contributed by atoms with Crippen molar-refractivity contribution in [2.45, 2.75) is 19.1 Å². The number of thiophene rings is 1. The fourth-order valence-electron chi connectivity index (χ4n) is 3.50. The van der Waals surface area contributed by atoms with Crippen molar-refractivity contribution in [3.63, 3.8) is 0 Å². The van der Waals surface area contributed by atoms with Gasteiger partial charge in [0.25, 0.3) is 5.56 Å². The number of rotatable bonds is 5. The number of aromatic carboxylic acids is 1. The van der Waals surface area contributed by atoms with Crippen molar-refractivity contribution >= 4 is 39.1 Å². The zero-order chi connectivity index (χ0) is 24.6. The summed E-state index contributed by atoms with van der Waals surface area (Å²) in [4.78, 5) is 42.7. The van der Waals surface area contributed by atoms with Gasteiger partial charge in [0.15, 0.2) is 0 Å². The summed E-state index contributed by atoms with van der Waals surface area (Å²) in [5.74, 6) is -2.15. The van der Waals surface area contributed by atoms with Crippen LogP contribution in [0, 0.1) is 0 Å². The van der Waals surface area contributed by atoms with Gasteiger partial charge in [-0.3, -0.25) is 14.2 Å². The van der Waals surface area contributed by atoms with Crippen LogP contribution in [0.25, 0.3) is 21.6 Å². The number of carbonyl (C=O) groups excluding carboxylic acids is 1. The molecule has 1 amide bonds. The Labute approximate surface area is 194 Å². The minimum absolute atomic E-state index is 0.0867. The number of halogens is 3. The lowest BCUT2D eigenvalue weighted by Gasteiger charge is -2.20. The van der Waals surface area contributed by atoms with Crippen LogP contribution in [0.3, 0.4) is 0 Å². The molecular formula is C23H16F3N3O4S. The normalized spacial score (nSPS) is 12.5. The molecule has 2 N–H and O–H groups in total. The highest BCUT2D eigenvalue weighted by Crippen LogP contribution is 2.35. The Balaban J connectivity index is 1.87. The number of carboxylic acids is 1. The number of alkyl halides is 3. The maximum atomic E-state index is 13.4. The Morgan fingerprint density at radius 1 is 1.09 bits per heavy atom. The van der Waals surface area contributed by atoms with Crippen molar-refractivity contribution in [3.05, 3.63) is 81.5 Å². The predicted octanol–water partition coefficient (Wildman–Crippen LogP) is 5.04. The zero-order valence-corrected chi connectivity index (χ0v) is 18.3. The van der Waals surface area contributed by atoms with E-state index >= 15 is 0 Å². The van der Waals surface area contributed by atoms with Gasteiger partial charge in [-0.1, -0.05) is 42.5 Å². The van der Waals surface area contributed by atoms with Crippen LogP contribution in [-0.4, -0.2) is 26.5 Å². The number of nitrogens with one attached hydrogen (secondary N) is 1. The molecule has 0 saturated carbocycles. The summed E-state index contributed by atoms with van der Waals surface area (Å²) in [6.45, 7) is 1.33.